The molecule has 5 nitrogen and oxygen atoms in total. The lowest BCUT2D eigenvalue weighted by Gasteiger charge is -2.32. The van der Waals surface area contributed by atoms with Crippen LogP contribution in [0.5, 0.6) is 0 Å². The minimum absolute atomic E-state index is 0.0174. The largest absolute Gasteiger partial charge is 0.416 e. The molecule has 1 saturated carbocycles. The first-order valence-corrected chi connectivity index (χ1v) is 10.1. The predicted octanol–water partition coefficient (Wildman–Crippen LogP) is 5.87. The molecule has 0 saturated heterocycles. The zero-order valence-corrected chi connectivity index (χ0v) is 16.4. The van der Waals surface area contributed by atoms with Crippen LogP contribution in [0.25, 0.3) is 10.9 Å². The van der Waals surface area contributed by atoms with Crippen LogP contribution in [0.15, 0.2) is 52.4 Å². The second-order valence-corrected chi connectivity index (χ2v) is 7.75. The van der Waals surface area contributed by atoms with Gasteiger partial charge in [-0.15, -0.1) is 0 Å². The van der Waals surface area contributed by atoms with E-state index in [1.54, 1.807) is 18.2 Å². The summed E-state index contributed by atoms with van der Waals surface area (Å²) in [4.78, 5) is 9.19. The van der Waals surface area contributed by atoms with Crippen molar-refractivity contribution in [2.24, 2.45) is 15.9 Å². The summed E-state index contributed by atoms with van der Waals surface area (Å²) in [6, 6.07) is 10.0. The van der Waals surface area contributed by atoms with E-state index in [4.69, 9.17) is 0 Å². The van der Waals surface area contributed by atoms with Crippen molar-refractivity contribution in [2.75, 3.05) is 5.32 Å². The summed E-state index contributed by atoms with van der Waals surface area (Å²) in [6.45, 7) is 0. The molecular formula is C22H19F4N5. The number of aliphatic imine (C=N–C) groups is 2. The number of aromatic nitrogens is 2. The molecule has 5 rings (SSSR count). The number of nitrogens with zero attached hydrogens (tertiary/aromatic N) is 3. The van der Waals surface area contributed by atoms with Crippen LogP contribution in [0, 0.1) is 11.7 Å². The Morgan fingerprint density at radius 1 is 1.00 bits per heavy atom. The molecule has 2 unspecified atom stereocenters. The standard InChI is InChI=1S/C22H19F4N5/c23-16-10-5-8-14-18(16)30-31-21(14)29-20-13-7-2-4-11-17(13)27-19(28-20)12-6-1-3-9-15(12)22(24,25)26/h1,3,5-6,8-10,13,19H,2,4,7,11H2,(H2,28,29,30,31). The molecule has 1 aromatic heterocycles. The van der Waals surface area contributed by atoms with Crippen molar-refractivity contribution < 1.29 is 17.6 Å². The Morgan fingerprint density at radius 2 is 1.84 bits per heavy atom. The Kier molecular flexibility index (Phi) is 4.75. The van der Waals surface area contributed by atoms with Crippen LogP contribution in [0.3, 0.4) is 0 Å². The molecule has 9 heteroatoms. The monoisotopic (exact) mass is 429 g/mol. The molecular weight excluding hydrogens is 410 g/mol. The maximum absolute atomic E-state index is 14.0. The fourth-order valence-corrected chi connectivity index (χ4v) is 4.31. The number of benzene rings is 2. The van der Waals surface area contributed by atoms with Crippen molar-refractivity contribution in [2.45, 2.75) is 38.0 Å². The molecule has 31 heavy (non-hydrogen) atoms. The number of rotatable bonds is 2. The van der Waals surface area contributed by atoms with Crippen LogP contribution in [-0.4, -0.2) is 21.7 Å². The van der Waals surface area contributed by atoms with Gasteiger partial charge in [0.15, 0.2) is 12.0 Å². The Balaban J connectivity index is 1.57. The Morgan fingerprint density at radius 3 is 2.68 bits per heavy atom. The van der Waals surface area contributed by atoms with Gasteiger partial charge in [0.2, 0.25) is 0 Å². The van der Waals surface area contributed by atoms with Gasteiger partial charge >= 0.3 is 6.18 Å². The third kappa shape index (κ3) is 3.58. The predicted molar refractivity (Wildman–Crippen MR) is 111 cm³/mol. The number of hydrogen-bond donors (Lipinski definition) is 2. The van der Waals surface area contributed by atoms with Crippen molar-refractivity contribution in [3.63, 3.8) is 0 Å². The van der Waals surface area contributed by atoms with E-state index >= 15 is 0 Å². The van der Waals surface area contributed by atoms with Crippen LogP contribution in [0.2, 0.25) is 0 Å². The van der Waals surface area contributed by atoms with Crippen molar-refractivity contribution in [1.29, 1.82) is 0 Å². The fourth-order valence-electron chi connectivity index (χ4n) is 4.31. The van der Waals surface area contributed by atoms with E-state index in [9.17, 15) is 17.6 Å². The van der Waals surface area contributed by atoms with Crippen LogP contribution in [0.1, 0.15) is 43.0 Å². The van der Waals surface area contributed by atoms with E-state index in [1.165, 1.54) is 18.2 Å². The first-order chi connectivity index (χ1) is 14.9. The summed E-state index contributed by atoms with van der Waals surface area (Å²) in [5.41, 5.74) is 0.382. The normalized spacial score (nSPS) is 21.4. The summed E-state index contributed by atoms with van der Waals surface area (Å²) in [6.07, 6.45) is -2.07. The number of H-pyrrole nitrogens is 1. The molecule has 1 fully saturated rings. The third-order valence-corrected chi connectivity index (χ3v) is 5.80. The Hall–Kier alpha value is -3.23. The van der Waals surface area contributed by atoms with E-state index in [0.29, 0.717) is 23.5 Å². The summed E-state index contributed by atoms with van der Waals surface area (Å²) >= 11 is 0. The van der Waals surface area contributed by atoms with Crippen LogP contribution >= 0.6 is 0 Å². The van der Waals surface area contributed by atoms with Gasteiger partial charge in [-0.3, -0.25) is 10.1 Å². The minimum Gasteiger partial charge on any atom is -0.326 e. The Bertz CT molecular complexity index is 1190. The highest BCUT2D eigenvalue weighted by atomic mass is 19.4. The SMILES string of the molecule is Fc1cccc2c(NC3=NC(c4ccccc4C(F)(F)F)N=C4CCCCC43)n[nH]c12. The van der Waals surface area contributed by atoms with E-state index in [2.05, 4.69) is 25.5 Å². The zero-order valence-electron chi connectivity index (χ0n) is 16.4. The highest BCUT2D eigenvalue weighted by molar-refractivity contribution is 6.14. The van der Waals surface area contributed by atoms with Crippen LogP contribution < -0.4 is 5.32 Å². The molecule has 160 valence electrons. The van der Waals surface area contributed by atoms with E-state index in [0.717, 1.165) is 31.0 Å². The first kappa shape index (κ1) is 19.7. The van der Waals surface area contributed by atoms with Gasteiger partial charge in [-0.1, -0.05) is 30.7 Å². The second kappa shape index (κ2) is 7.47. The van der Waals surface area contributed by atoms with Gasteiger partial charge in [0.1, 0.15) is 17.2 Å². The van der Waals surface area contributed by atoms with Crippen molar-refractivity contribution in [3.05, 3.63) is 59.4 Å². The van der Waals surface area contributed by atoms with Gasteiger partial charge in [-0.25, -0.2) is 9.38 Å². The molecule has 2 aromatic carbocycles. The summed E-state index contributed by atoms with van der Waals surface area (Å²) < 4.78 is 54.8. The molecule has 2 aliphatic rings. The van der Waals surface area contributed by atoms with Gasteiger partial charge in [0, 0.05) is 16.7 Å². The van der Waals surface area contributed by atoms with Crippen molar-refractivity contribution in [1.82, 2.24) is 10.2 Å². The Labute approximate surface area is 175 Å². The number of para-hydroxylation sites is 1. The van der Waals surface area contributed by atoms with Gasteiger partial charge in [-0.05, 0) is 37.5 Å². The first-order valence-electron chi connectivity index (χ1n) is 10.1. The maximum atomic E-state index is 14.0. The van der Waals surface area contributed by atoms with Crippen molar-refractivity contribution >= 4 is 28.3 Å². The quantitative estimate of drug-likeness (QED) is 0.500. The summed E-state index contributed by atoms with van der Waals surface area (Å²) in [5, 5.41) is 10.6. The number of hydrogen-bond acceptors (Lipinski definition) is 4. The molecule has 2 N–H and O–H groups in total. The lowest BCUT2D eigenvalue weighted by Crippen LogP contribution is -2.36. The number of fused-ring (bicyclic) bond motifs is 2. The maximum Gasteiger partial charge on any atom is 0.416 e. The number of alkyl halides is 3. The number of anilines is 1. The molecule has 1 aliphatic heterocycles. The van der Waals surface area contributed by atoms with Gasteiger partial charge in [0.25, 0.3) is 0 Å². The molecule has 2 atom stereocenters. The average molecular weight is 429 g/mol. The second-order valence-electron chi connectivity index (χ2n) is 7.75. The number of nitrogens with one attached hydrogen (secondary N) is 2. The van der Waals surface area contributed by atoms with Gasteiger partial charge in [-0.2, -0.15) is 18.3 Å². The van der Waals surface area contributed by atoms with Crippen LogP contribution in [-0.2, 0) is 6.18 Å². The van der Waals surface area contributed by atoms with Gasteiger partial charge in [0.05, 0.1) is 11.5 Å². The van der Waals surface area contributed by atoms with Crippen LogP contribution in [0.4, 0.5) is 23.4 Å². The molecule has 0 radical (unpaired) electrons. The van der Waals surface area contributed by atoms with Gasteiger partial charge < -0.3 is 5.32 Å². The fraction of sp³-hybridized carbons (Fsp3) is 0.318. The molecule has 0 spiro atoms. The zero-order chi connectivity index (χ0) is 21.6. The average Bonchev–Trinajstić information content (AvgIpc) is 3.17. The van der Waals surface area contributed by atoms with E-state index in [1.807, 2.05) is 0 Å². The number of aromatic amines is 1. The summed E-state index contributed by atoms with van der Waals surface area (Å²) in [7, 11) is 0. The lowest BCUT2D eigenvalue weighted by molar-refractivity contribution is -0.138. The number of amidine groups is 1. The minimum atomic E-state index is -4.50. The molecule has 0 bridgehead atoms. The molecule has 2 heterocycles. The molecule has 0 amide bonds. The van der Waals surface area contributed by atoms with E-state index in [-0.39, 0.29) is 17.0 Å². The number of halogens is 4. The topological polar surface area (TPSA) is 65.4 Å². The van der Waals surface area contributed by atoms with Crippen molar-refractivity contribution in [3.8, 4) is 0 Å². The molecule has 3 aromatic rings. The summed E-state index contributed by atoms with van der Waals surface area (Å²) in [5.74, 6) is 0.371. The van der Waals surface area contributed by atoms with E-state index < -0.39 is 23.7 Å². The highest BCUT2D eigenvalue weighted by Gasteiger charge is 2.37. The highest BCUT2D eigenvalue weighted by Crippen LogP contribution is 2.39. The smallest absolute Gasteiger partial charge is 0.326 e. The third-order valence-electron chi connectivity index (χ3n) is 5.80. The lowest BCUT2D eigenvalue weighted by atomic mass is 9.84. The molecule has 1 aliphatic carbocycles.